The third-order valence-corrected chi connectivity index (χ3v) is 7.31. The Kier molecular flexibility index (Phi) is 4.00. The second-order valence-corrected chi connectivity index (χ2v) is 9.05. The van der Waals surface area contributed by atoms with Crippen molar-refractivity contribution in [3.8, 4) is 16.2 Å². The molecule has 0 unspecified atom stereocenters. The lowest BCUT2D eigenvalue weighted by atomic mass is 9.74. The number of benzene rings is 1. The van der Waals surface area contributed by atoms with Gasteiger partial charge >= 0.3 is 0 Å². The molecule has 3 atom stereocenters. The molecule has 1 aromatic heterocycles. The van der Waals surface area contributed by atoms with Gasteiger partial charge in [-0.1, -0.05) is 0 Å². The Bertz CT molecular complexity index is 971. The van der Waals surface area contributed by atoms with E-state index in [1.807, 2.05) is 36.1 Å². The quantitative estimate of drug-likeness (QED) is 0.861. The number of thiophene rings is 1. The zero-order valence-electron chi connectivity index (χ0n) is 15.6. The van der Waals surface area contributed by atoms with E-state index >= 15 is 0 Å². The van der Waals surface area contributed by atoms with Crippen molar-refractivity contribution in [3.05, 3.63) is 35.2 Å². The predicted octanol–water partition coefficient (Wildman–Crippen LogP) is 3.20. The number of hydrogen-bond acceptors (Lipinski definition) is 5. The number of ether oxygens (including phenoxy) is 2. The lowest BCUT2D eigenvalue weighted by Gasteiger charge is -2.38. The van der Waals surface area contributed by atoms with E-state index in [1.165, 1.54) is 11.3 Å². The van der Waals surface area contributed by atoms with Gasteiger partial charge in [-0.15, -0.1) is 11.3 Å². The number of anilines is 1. The summed E-state index contributed by atoms with van der Waals surface area (Å²) >= 11 is 1.35. The Labute approximate surface area is 167 Å². The van der Waals surface area contributed by atoms with Crippen molar-refractivity contribution in [1.82, 2.24) is 0 Å². The molecule has 0 saturated carbocycles. The number of primary amides is 1. The Hall–Kier alpha value is -2.38. The molecule has 2 amide bonds. The van der Waals surface area contributed by atoms with Crippen LogP contribution in [-0.2, 0) is 9.53 Å². The fourth-order valence-electron chi connectivity index (χ4n) is 4.67. The van der Waals surface area contributed by atoms with E-state index in [-0.39, 0.29) is 18.1 Å². The van der Waals surface area contributed by atoms with E-state index in [2.05, 4.69) is 0 Å². The van der Waals surface area contributed by atoms with Crippen molar-refractivity contribution in [2.24, 2.45) is 11.1 Å². The molecule has 3 aliphatic heterocycles. The van der Waals surface area contributed by atoms with Crippen molar-refractivity contribution in [1.29, 1.82) is 0 Å². The molecule has 146 valence electrons. The van der Waals surface area contributed by atoms with Crippen LogP contribution in [-0.4, -0.2) is 37.2 Å². The summed E-state index contributed by atoms with van der Waals surface area (Å²) in [5.74, 6) is 0.395. The summed E-state index contributed by atoms with van der Waals surface area (Å²) in [6, 6.07) is 9.43. The van der Waals surface area contributed by atoms with Crippen LogP contribution in [0.15, 0.2) is 30.3 Å². The van der Waals surface area contributed by atoms with E-state index < -0.39 is 11.3 Å². The molecule has 5 rings (SSSR count). The van der Waals surface area contributed by atoms with Gasteiger partial charge in [0.15, 0.2) is 0 Å². The predicted molar refractivity (Wildman–Crippen MR) is 107 cm³/mol. The Balaban J connectivity index is 1.50. The Morgan fingerprint density at radius 3 is 2.79 bits per heavy atom. The normalized spacial score (nSPS) is 28.1. The summed E-state index contributed by atoms with van der Waals surface area (Å²) in [5, 5.41) is 0. The van der Waals surface area contributed by atoms with Gasteiger partial charge in [-0.3, -0.25) is 9.59 Å². The number of nitrogens with two attached hydrogens (primary N) is 1. The summed E-state index contributed by atoms with van der Waals surface area (Å²) in [6.07, 6.45) is 3.02. The van der Waals surface area contributed by atoms with E-state index in [0.29, 0.717) is 23.8 Å². The lowest BCUT2D eigenvalue weighted by Crippen LogP contribution is -2.50. The number of carbonyl (C=O) groups excluding carboxylic acids is 2. The maximum absolute atomic E-state index is 13.5. The monoisotopic (exact) mass is 398 g/mol. The molecule has 2 saturated heterocycles. The van der Waals surface area contributed by atoms with Gasteiger partial charge in [-0.25, -0.2) is 0 Å². The fourth-order valence-corrected chi connectivity index (χ4v) is 5.52. The SMILES string of the molecule is C[C@]1(C(=O)N2CCOc3ccc(-c4ccc(C(N)=O)s4)cc32)C[C@H]2CC[C@H]1O2. The third kappa shape index (κ3) is 2.64. The maximum Gasteiger partial charge on any atom is 0.258 e. The molecule has 3 aliphatic rings. The molecule has 2 bridgehead atoms. The molecule has 0 spiro atoms. The molecule has 6 nitrogen and oxygen atoms in total. The highest BCUT2D eigenvalue weighted by Crippen LogP contribution is 2.50. The van der Waals surface area contributed by atoms with Crippen LogP contribution in [0, 0.1) is 5.41 Å². The molecule has 2 aromatic rings. The number of hydrogen-bond donors (Lipinski definition) is 1. The van der Waals surface area contributed by atoms with Gasteiger partial charge in [0.2, 0.25) is 5.91 Å². The van der Waals surface area contributed by atoms with Gasteiger partial charge in [0, 0.05) is 4.88 Å². The summed E-state index contributed by atoms with van der Waals surface area (Å²) in [6.45, 7) is 3.05. The minimum Gasteiger partial charge on any atom is -0.490 e. The van der Waals surface area contributed by atoms with Gasteiger partial charge in [-0.05, 0) is 62.1 Å². The van der Waals surface area contributed by atoms with Crippen LogP contribution in [0.3, 0.4) is 0 Å². The smallest absolute Gasteiger partial charge is 0.258 e. The number of amides is 2. The summed E-state index contributed by atoms with van der Waals surface area (Å²) < 4.78 is 11.8. The molecule has 2 fully saturated rings. The van der Waals surface area contributed by atoms with Crippen molar-refractivity contribution < 1.29 is 19.1 Å². The first-order valence-electron chi connectivity index (χ1n) is 9.60. The average Bonchev–Trinajstić information content (AvgIpc) is 3.42. The number of nitrogens with zero attached hydrogens (tertiary/aromatic N) is 1. The van der Waals surface area contributed by atoms with Gasteiger partial charge in [-0.2, -0.15) is 0 Å². The second kappa shape index (κ2) is 6.32. The fraction of sp³-hybridized carbons (Fsp3) is 0.429. The van der Waals surface area contributed by atoms with Crippen LogP contribution in [0.4, 0.5) is 5.69 Å². The molecule has 2 N–H and O–H groups in total. The zero-order valence-corrected chi connectivity index (χ0v) is 16.5. The second-order valence-electron chi connectivity index (χ2n) is 7.96. The molecule has 0 radical (unpaired) electrons. The van der Waals surface area contributed by atoms with Gasteiger partial charge in [0.05, 0.1) is 34.7 Å². The van der Waals surface area contributed by atoms with Crippen molar-refractivity contribution in [2.45, 2.75) is 38.4 Å². The van der Waals surface area contributed by atoms with Crippen molar-refractivity contribution >= 4 is 28.8 Å². The molecule has 7 heteroatoms. The van der Waals surface area contributed by atoms with Crippen LogP contribution in [0.2, 0.25) is 0 Å². The highest BCUT2D eigenvalue weighted by Gasteiger charge is 2.55. The van der Waals surface area contributed by atoms with E-state index in [9.17, 15) is 9.59 Å². The first-order chi connectivity index (χ1) is 13.5. The number of rotatable bonds is 3. The average molecular weight is 398 g/mol. The molecule has 1 aromatic carbocycles. The summed E-state index contributed by atoms with van der Waals surface area (Å²) in [7, 11) is 0. The first kappa shape index (κ1) is 17.7. The van der Waals surface area contributed by atoms with E-state index in [4.69, 9.17) is 15.2 Å². The van der Waals surface area contributed by atoms with Crippen LogP contribution < -0.4 is 15.4 Å². The van der Waals surface area contributed by atoms with Gasteiger partial charge in [0.1, 0.15) is 12.4 Å². The third-order valence-electron chi connectivity index (χ3n) is 6.16. The topological polar surface area (TPSA) is 81.9 Å². The zero-order chi connectivity index (χ0) is 19.5. The molecule has 28 heavy (non-hydrogen) atoms. The molecule has 4 heterocycles. The summed E-state index contributed by atoms with van der Waals surface area (Å²) in [4.78, 5) is 28.3. The standard InChI is InChI=1S/C21H22N2O4S/c1-21(11-13-3-7-18(21)27-13)20(25)23-8-9-26-15-4-2-12(10-14(15)23)16-5-6-17(28-16)19(22)24/h2,4-6,10,13,18H,3,7-9,11H2,1H3,(H2,22,24)/t13-,18-,21+/m1/s1. The minimum absolute atomic E-state index is 0.00917. The highest BCUT2D eigenvalue weighted by atomic mass is 32.1. The van der Waals surface area contributed by atoms with Gasteiger partial charge in [0.25, 0.3) is 5.91 Å². The Morgan fingerprint density at radius 1 is 1.25 bits per heavy atom. The molecular formula is C21H22N2O4S. The maximum atomic E-state index is 13.5. The van der Waals surface area contributed by atoms with Crippen molar-refractivity contribution in [2.75, 3.05) is 18.1 Å². The van der Waals surface area contributed by atoms with Crippen LogP contribution in [0.5, 0.6) is 5.75 Å². The molecule has 0 aliphatic carbocycles. The molecular weight excluding hydrogens is 376 g/mol. The van der Waals surface area contributed by atoms with Crippen LogP contribution in [0.1, 0.15) is 35.9 Å². The largest absolute Gasteiger partial charge is 0.490 e. The van der Waals surface area contributed by atoms with Crippen molar-refractivity contribution in [3.63, 3.8) is 0 Å². The van der Waals surface area contributed by atoms with E-state index in [0.717, 1.165) is 35.4 Å². The first-order valence-corrected chi connectivity index (χ1v) is 10.4. The summed E-state index contributed by atoms with van der Waals surface area (Å²) in [5.41, 5.74) is 6.62. The Morgan fingerprint density at radius 2 is 2.11 bits per heavy atom. The lowest BCUT2D eigenvalue weighted by molar-refractivity contribution is -0.130. The number of fused-ring (bicyclic) bond motifs is 3. The van der Waals surface area contributed by atoms with Gasteiger partial charge < -0.3 is 20.1 Å². The van der Waals surface area contributed by atoms with Crippen LogP contribution in [0.25, 0.3) is 10.4 Å². The van der Waals surface area contributed by atoms with Crippen LogP contribution >= 0.6 is 11.3 Å². The number of carbonyl (C=O) groups is 2. The highest BCUT2D eigenvalue weighted by molar-refractivity contribution is 7.17. The van der Waals surface area contributed by atoms with E-state index in [1.54, 1.807) is 6.07 Å². The minimum atomic E-state index is -0.477.